The fourth-order valence-corrected chi connectivity index (χ4v) is 2.23. The highest BCUT2D eigenvalue weighted by atomic mass is 16.1. The summed E-state index contributed by atoms with van der Waals surface area (Å²) >= 11 is 0. The van der Waals surface area contributed by atoms with Gasteiger partial charge in [0.15, 0.2) is 0 Å². The van der Waals surface area contributed by atoms with Gasteiger partial charge in [-0.05, 0) is 24.6 Å². The number of amides is 1. The Labute approximate surface area is 89.9 Å². The molecule has 2 rings (SSSR count). The number of hydrogen-bond acceptors (Lipinski definition) is 2. The number of carbonyl (C=O) groups excluding carboxylic acids is 1. The molecule has 2 N–H and O–H groups in total. The molecule has 15 heavy (non-hydrogen) atoms. The molecule has 0 radical (unpaired) electrons. The molecular weight excluding hydrogens is 188 g/mol. The molecular formula is C12H16N2O. The normalized spacial score (nSPS) is 21.0. The van der Waals surface area contributed by atoms with E-state index in [1.807, 2.05) is 19.2 Å². The first kappa shape index (κ1) is 10.2. The number of carbonyl (C=O) groups is 1. The molecule has 0 aliphatic carbocycles. The van der Waals surface area contributed by atoms with Crippen LogP contribution in [0.25, 0.3) is 0 Å². The van der Waals surface area contributed by atoms with Crippen LogP contribution in [0.3, 0.4) is 0 Å². The lowest BCUT2D eigenvalue weighted by Gasteiger charge is -2.33. The zero-order chi connectivity index (χ0) is 10.8. The van der Waals surface area contributed by atoms with Crippen LogP contribution in [-0.2, 0) is 11.2 Å². The highest BCUT2D eigenvalue weighted by molar-refractivity contribution is 5.74. The summed E-state index contributed by atoms with van der Waals surface area (Å²) in [6, 6.07) is 8.46. The number of nitrogens with zero attached hydrogens (tertiary/aromatic N) is 1. The summed E-state index contributed by atoms with van der Waals surface area (Å²) in [6.45, 7) is 0.995. The molecule has 1 aromatic rings. The van der Waals surface area contributed by atoms with Gasteiger partial charge in [0.25, 0.3) is 0 Å². The lowest BCUT2D eigenvalue weighted by Crippen LogP contribution is -2.34. The maximum Gasteiger partial charge on any atom is 0.219 e. The first-order valence-corrected chi connectivity index (χ1v) is 5.25. The SMILES string of the molecule is CN1CCc2ccccc2[C@H]1CC(N)=O. The molecule has 0 saturated carbocycles. The van der Waals surface area contributed by atoms with Crippen LogP contribution in [-0.4, -0.2) is 24.4 Å². The molecule has 1 amide bonds. The largest absolute Gasteiger partial charge is 0.370 e. The van der Waals surface area contributed by atoms with Crippen LogP contribution >= 0.6 is 0 Å². The number of nitrogens with two attached hydrogens (primary N) is 1. The molecule has 1 heterocycles. The number of rotatable bonds is 2. The second-order valence-electron chi connectivity index (χ2n) is 4.12. The molecule has 1 aromatic carbocycles. The van der Waals surface area contributed by atoms with Crippen LogP contribution in [0.15, 0.2) is 24.3 Å². The van der Waals surface area contributed by atoms with Crippen LogP contribution in [0, 0.1) is 0 Å². The highest BCUT2D eigenvalue weighted by Gasteiger charge is 2.25. The lowest BCUT2D eigenvalue weighted by atomic mass is 9.91. The van der Waals surface area contributed by atoms with Gasteiger partial charge >= 0.3 is 0 Å². The van der Waals surface area contributed by atoms with Crippen LogP contribution in [0.1, 0.15) is 23.6 Å². The van der Waals surface area contributed by atoms with Gasteiger partial charge in [0.2, 0.25) is 5.91 Å². The minimum Gasteiger partial charge on any atom is -0.370 e. The smallest absolute Gasteiger partial charge is 0.219 e. The topological polar surface area (TPSA) is 46.3 Å². The van der Waals surface area contributed by atoms with Gasteiger partial charge in [0.05, 0.1) is 0 Å². The first-order chi connectivity index (χ1) is 7.18. The van der Waals surface area contributed by atoms with E-state index < -0.39 is 0 Å². The number of fused-ring (bicyclic) bond motifs is 1. The monoisotopic (exact) mass is 204 g/mol. The van der Waals surface area contributed by atoms with E-state index in [9.17, 15) is 4.79 Å². The van der Waals surface area contributed by atoms with Crippen molar-refractivity contribution in [3.05, 3.63) is 35.4 Å². The van der Waals surface area contributed by atoms with E-state index in [0.29, 0.717) is 6.42 Å². The van der Waals surface area contributed by atoms with E-state index >= 15 is 0 Å². The second kappa shape index (κ2) is 4.03. The minimum atomic E-state index is -0.233. The van der Waals surface area contributed by atoms with Crippen molar-refractivity contribution in [2.24, 2.45) is 5.73 Å². The second-order valence-corrected chi connectivity index (χ2v) is 4.12. The Hall–Kier alpha value is -1.35. The summed E-state index contributed by atoms with van der Waals surface area (Å²) in [4.78, 5) is 13.2. The van der Waals surface area contributed by atoms with Crippen LogP contribution in [0.5, 0.6) is 0 Å². The predicted octanol–water partition coefficient (Wildman–Crippen LogP) is 1.09. The maximum absolute atomic E-state index is 11.0. The van der Waals surface area contributed by atoms with Crippen LogP contribution in [0.4, 0.5) is 0 Å². The van der Waals surface area contributed by atoms with Crippen molar-refractivity contribution < 1.29 is 4.79 Å². The third-order valence-electron chi connectivity index (χ3n) is 3.07. The molecule has 0 unspecified atom stereocenters. The fourth-order valence-electron chi connectivity index (χ4n) is 2.23. The predicted molar refractivity (Wildman–Crippen MR) is 59.3 cm³/mol. The molecule has 3 nitrogen and oxygen atoms in total. The van der Waals surface area contributed by atoms with E-state index in [-0.39, 0.29) is 11.9 Å². The molecule has 1 aliphatic rings. The van der Waals surface area contributed by atoms with E-state index in [1.54, 1.807) is 0 Å². The molecule has 0 spiro atoms. The van der Waals surface area contributed by atoms with E-state index in [1.165, 1.54) is 11.1 Å². The fraction of sp³-hybridized carbons (Fsp3) is 0.417. The molecule has 0 bridgehead atoms. The number of hydrogen-bond donors (Lipinski definition) is 1. The third kappa shape index (κ3) is 2.02. The average molecular weight is 204 g/mol. The number of primary amides is 1. The van der Waals surface area contributed by atoms with Crippen molar-refractivity contribution in [3.8, 4) is 0 Å². The van der Waals surface area contributed by atoms with Gasteiger partial charge in [-0.1, -0.05) is 24.3 Å². The average Bonchev–Trinajstić information content (AvgIpc) is 2.22. The zero-order valence-corrected chi connectivity index (χ0v) is 8.94. The quantitative estimate of drug-likeness (QED) is 0.784. The van der Waals surface area contributed by atoms with Gasteiger partial charge in [-0.15, -0.1) is 0 Å². The van der Waals surface area contributed by atoms with Gasteiger partial charge in [-0.25, -0.2) is 0 Å². The van der Waals surface area contributed by atoms with Crippen molar-refractivity contribution >= 4 is 5.91 Å². The van der Waals surface area contributed by atoms with E-state index in [4.69, 9.17) is 5.73 Å². The van der Waals surface area contributed by atoms with Gasteiger partial charge in [0, 0.05) is 19.0 Å². The minimum absolute atomic E-state index is 0.160. The zero-order valence-electron chi connectivity index (χ0n) is 8.94. The summed E-state index contributed by atoms with van der Waals surface area (Å²) in [7, 11) is 2.05. The van der Waals surface area contributed by atoms with E-state index in [0.717, 1.165) is 13.0 Å². The summed E-state index contributed by atoms with van der Waals surface area (Å²) in [5.74, 6) is -0.233. The van der Waals surface area contributed by atoms with Crippen molar-refractivity contribution in [1.82, 2.24) is 4.90 Å². The van der Waals surface area contributed by atoms with Crippen molar-refractivity contribution in [2.45, 2.75) is 18.9 Å². The lowest BCUT2D eigenvalue weighted by molar-refractivity contribution is -0.119. The van der Waals surface area contributed by atoms with Crippen LogP contribution in [0.2, 0.25) is 0 Å². The van der Waals surface area contributed by atoms with Crippen molar-refractivity contribution in [1.29, 1.82) is 0 Å². The standard InChI is InChI=1S/C12H16N2O/c1-14-7-6-9-4-2-3-5-10(9)11(14)8-12(13)15/h2-5,11H,6-8H2,1H3,(H2,13,15)/t11-/m1/s1. The molecule has 1 aliphatic heterocycles. The van der Waals surface area contributed by atoms with Gasteiger partial charge in [-0.2, -0.15) is 0 Å². The van der Waals surface area contributed by atoms with Crippen molar-refractivity contribution in [3.63, 3.8) is 0 Å². The highest BCUT2D eigenvalue weighted by Crippen LogP contribution is 2.30. The van der Waals surface area contributed by atoms with E-state index in [2.05, 4.69) is 17.0 Å². The first-order valence-electron chi connectivity index (χ1n) is 5.25. The Morgan fingerprint density at radius 2 is 2.27 bits per heavy atom. The maximum atomic E-state index is 11.0. The van der Waals surface area contributed by atoms with Gasteiger partial charge < -0.3 is 5.73 Å². The molecule has 0 aromatic heterocycles. The Balaban J connectivity index is 2.32. The Morgan fingerprint density at radius 1 is 1.53 bits per heavy atom. The number of benzene rings is 1. The number of likely N-dealkylation sites (N-methyl/N-ethyl adjacent to an activating group) is 1. The van der Waals surface area contributed by atoms with Crippen LogP contribution < -0.4 is 5.73 Å². The summed E-state index contributed by atoms with van der Waals surface area (Å²) in [6.07, 6.45) is 1.47. The summed E-state index contributed by atoms with van der Waals surface area (Å²) in [5.41, 5.74) is 7.88. The van der Waals surface area contributed by atoms with Crippen molar-refractivity contribution in [2.75, 3.05) is 13.6 Å². The summed E-state index contributed by atoms with van der Waals surface area (Å²) in [5, 5.41) is 0. The Morgan fingerprint density at radius 3 is 3.00 bits per heavy atom. The Kier molecular flexibility index (Phi) is 2.73. The Bertz CT molecular complexity index is 376. The van der Waals surface area contributed by atoms with Gasteiger partial charge in [0.1, 0.15) is 0 Å². The molecule has 0 saturated heterocycles. The summed E-state index contributed by atoms with van der Waals surface area (Å²) < 4.78 is 0. The molecule has 3 heteroatoms. The molecule has 80 valence electrons. The molecule has 1 atom stereocenters. The third-order valence-corrected chi connectivity index (χ3v) is 3.07. The molecule has 0 fully saturated rings. The van der Waals surface area contributed by atoms with Gasteiger partial charge in [-0.3, -0.25) is 9.69 Å².